The van der Waals surface area contributed by atoms with Gasteiger partial charge in [-0.3, -0.25) is 0 Å². The van der Waals surface area contributed by atoms with Gasteiger partial charge >= 0.3 is 5.97 Å². The summed E-state index contributed by atoms with van der Waals surface area (Å²) in [6, 6.07) is 1.18. The van der Waals surface area contributed by atoms with Gasteiger partial charge in [-0.05, 0) is 18.4 Å². The first kappa shape index (κ1) is 16.1. The summed E-state index contributed by atoms with van der Waals surface area (Å²) in [6.45, 7) is 4.64. The zero-order valence-electron chi connectivity index (χ0n) is 11.0. The van der Waals surface area contributed by atoms with E-state index in [1.165, 1.54) is 11.4 Å². The molecule has 5 nitrogen and oxygen atoms in total. The second-order valence-corrected chi connectivity index (χ2v) is 7.42. The summed E-state index contributed by atoms with van der Waals surface area (Å²) in [5.41, 5.74) is 0. The van der Waals surface area contributed by atoms with Gasteiger partial charge in [0.15, 0.2) is 0 Å². The Balaban J connectivity index is 2.49. The van der Waals surface area contributed by atoms with Crippen LogP contribution in [0.5, 0.6) is 0 Å². The third-order valence-electron chi connectivity index (χ3n) is 2.60. The van der Waals surface area contributed by atoms with Crippen molar-refractivity contribution in [2.45, 2.75) is 38.0 Å². The molecular weight excluding hydrogens is 286 g/mol. The van der Waals surface area contributed by atoms with Gasteiger partial charge in [0, 0.05) is 11.9 Å². The Morgan fingerprint density at radius 1 is 1.42 bits per heavy atom. The smallest absolute Gasteiger partial charge is 0.345 e. The predicted octanol–water partition coefficient (Wildman–Crippen LogP) is 2.55. The second-order valence-electron chi connectivity index (χ2n) is 4.74. The third kappa shape index (κ3) is 5.30. The Bertz CT molecular complexity index is 520. The van der Waals surface area contributed by atoms with E-state index < -0.39 is 16.0 Å². The zero-order valence-corrected chi connectivity index (χ0v) is 12.7. The summed E-state index contributed by atoms with van der Waals surface area (Å²) in [7, 11) is -3.58. The average Bonchev–Trinajstić information content (AvgIpc) is 2.77. The number of unbranched alkanes of at least 4 members (excludes halogenated alkanes) is 1. The molecule has 108 valence electrons. The molecule has 0 spiro atoms. The van der Waals surface area contributed by atoms with Gasteiger partial charge in [-0.1, -0.05) is 26.7 Å². The highest BCUT2D eigenvalue weighted by molar-refractivity contribution is 7.89. The summed E-state index contributed by atoms with van der Waals surface area (Å²) in [5.74, 6) is -0.491. The van der Waals surface area contributed by atoms with Crippen LogP contribution < -0.4 is 4.72 Å². The van der Waals surface area contributed by atoms with E-state index in [2.05, 4.69) is 18.6 Å². The minimum absolute atomic E-state index is 0.0266. The van der Waals surface area contributed by atoms with Crippen molar-refractivity contribution >= 4 is 27.3 Å². The van der Waals surface area contributed by atoms with Gasteiger partial charge in [0.1, 0.15) is 4.88 Å². The van der Waals surface area contributed by atoms with Crippen LogP contribution in [0.2, 0.25) is 0 Å². The Morgan fingerprint density at radius 3 is 2.63 bits per heavy atom. The molecule has 0 aliphatic heterocycles. The SMILES string of the molecule is CC(C)CCCCNS(=O)(=O)c1csc(C(=O)O)c1. The molecule has 7 heteroatoms. The van der Waals surface area contributed by atoms with Gasteiger partial charge in [-0.15, -0.1) is 11.3 Å². The highest BCUT2D eigenvalue weighted by Gasteiger charge is 2.17. The second kappa shape index (κ2) is 7.02. The molecule has 0 unspecified atom stereocenters. The molecule has 0 aromatic carbocycles. The van der Waals surface area contributed by atoms with Crippen LogP contribution >= 0.6 is 11.3 Å². The maximum Gasteiger partial charge on any atom is 0.345 e. The fourth-order valence-corrected chi connectivity index (χ4v) is 3.72. The predicted molar refractivity (Wildman–Crippen MR) is 75.2 cm³/mol. The van der Waals surface area contributed by atoms with Crippen molar-refractivity contribution in [3.05, 3.63) is 16.3 Å². The Hall–Kier alpha value is -0.920. The average molecular weight is 305 g/mol. The molecule has 0 radical (unpaired) electrons. The van der Waals surface area contributed by atoms with Crippen molar-refractivity contribution in [3.63, 3.8) is 0 Å². The molecule has 0 saturated heterocycles. The monoisotopic (exact) mass is 305 g/mol. The van der Waals surface area contributed by atoms with Crippen molar-refractivity contribution in [3.8, 4) is 0 Å². The molecule has 0 aliphatic carbocycles. The van der Waals surface area contributed by atoms with Crippen LogP contribution in [0, 0.1) is 5.92 Å². The fraction of sp³-hybridized carbons (Fsp3) is 0.583. The standard InChI is InChI=1S/C12H19NO4S2/c1-9(2)5-3-4-6-13-19(16,17)10-7-11(12(14)15)18-8-10/h7-9,13H,3-6H2,1-2H3,(H,14,15). The lowest BCUT2D eigenvalue weighted by Crippen LogP contribution is -2.24. The van der Waals surface area contributed by atoms with E-state index in [9.17, 15) is 13.2 Å². The van der Waals surface area contributed by atoms with E-state index in [1.807, 2.05) is 0 Å². The van der Waals surface area contributed by atoms with Crippen molar-refractivity contribution in [2.24, 2.45) is 5.92 Å². The number of carboxylic acids is 1. The largest absolute Gasteiger partial charge is 0.477 e. The maximum absolute atomic E-state index is 11.9. The topological polar surface area (TPSA) is 83.5 Å². The van der Waals surface area contributed by atoms with Crippen LogP contribution in [0.15, 0.2) is 16.3 Å². The summed E-state index contributed by atoms with van der Waals surface area (Å²) in [6.07, 6.45) is 2.83. The number of thiophene rings is 1. The van der Waals surface area contributed by atoms with E-state index in [0.717, 1.165) is 30.6 Å². The number of hydrogen-bond acceptors (Lipinski definition) is 4. The number of aromatic carboxylic acids is 1. The lowest BCUT2D eigenvalue weighted by atomic mass is 10.1. The van der Waals surface area contributed by atoms with E-state index in [1.54, 1.807) is 0 Å². The molecule has 19 heavy (non-hydrogen) atoms. The van der Waals surface area contributed by atoms with Crippen molar-refractivity contribution in [1.82, 2.24) is 4.72 Å². The van der Waals surface area contributed by atoms with Crippen molar-refractivity contribution < 1.29 is 18.3 Å². The normalized spacial score (nSPS) is 11.9. The van der Waals surface area contributed by atoms with E-state index >= 15 is 0 Å². The van der Waals surface area contributed by atoms with Crippen LogP contribution in [-0.2, 0) is 10.0 Å². The van der Waals surface area contributed by atoms with E-state index in [4.69, 9.17) is 5.11 Å². The summed E-state index contributed by atoms with van der Waals surface area (Å²) in [4.78, 5) is 10.8. The Kier molecular flexibility index (Phi) is 5.96. The number of hydrogen-bond donors (Lipinski definition) is 2. The Morgan fingerprint density at radius 2 is 2.11 bits per heavy atom. The quantitative estimate of drug-likeness (QED) is 0.723. The van der Waals surface area contributed by atoms with Crippen LogP contribution in [-0.4, -0.2) is 26.0 Å². The molecule has 1 aromatic heterocycles. The summed E-state index contributed by atoms with van der Waals surface area (Å²) >= 11 is 0.913. The number of nitrogens with one attached hydrogen (secondary N) is 1. The van der Waals surface area contributed by atoms with Gasteiger partial charge in [0.05, 0.1) is 4.90 Å². The van der Waals surface area contributed by atoms with E-state index in [0.29, 0.717) is 12.5 Å². The third-order valence-corrected chi connectivity index (χ3v) is 5.10. The van der Waals surface area contributed by atoms with Gasteiger partial charge in [-0.2, -0.15) is 0 Å². The highest BCUT2D eigenvalue weighted by atomic mass is 32.2. The van der Waals surface area contributed by atoms with Crippen LogP contribution in [0.3, 0.4) is 0 Å². The molecule has 0 atom stereocenters. The minimum Gasteiger partial charge on any atom is -0.477 e. The van der Waals surface area contributed by atoms with Crippen molar-refractivity contribution in [2.75, 3.05) is 6.54 Å². The minimum atomic E-state index is -3.58. The first-order valence-corrected chi connectivity index (χ1v) is 8.50. The number of rotatable bonds is 8. The molecule has 0 aliphatic rings. The first-order chi connectivity index (χ1) is 8.83. The van der Waals surface area contributed by atoms with E-state index in [-0.39, 0.29) is 9.77 Å². The molecule has 0 fully saturated rings. The lowest BCUT2D eigenvalue weighted by molar-refractivity contribution is 0.0702. The van der Waals surface area contributed by atoms with Crippen LogP contribution in [0.4, 0.5) is 0 Å². The molecular formula is C12H19NO4S2. The highest BCUT2D eigenvalue weighted by Crippen LogP contribution is 2.19. The molecule has 0 bridgehead atoms. The van der Waals surface area contributed by atoms with Gasteiger partial charge in [-0.25, -0.2) is 17.9 Å². The number of sulfonamides is 1. The van der Waals surface area contributed by atoms with Gasteiger partial charge < -0.3 is 5.11 Å². The van der Waals surface area contributed by atoms with Crippen LogP contribution in [0.1, 0.15) is 42.8 Å². The van der Waals surface area contributed by atoms with Crippen molar-refractivity contribution in [1.29, 1.82) is 0 Å². The molecule has 1 heterocycles. The molecule has 1 aromatic rings. The first-order valence-electron chi connectivity index (χ1n) is 6.14. The lowest BCUT2D eigenvalue weighted by Gasteiger charge is -2.06. The maximum atomic E-state index is 11.9. The number of carboxylic acid groups (broad SMARTS) is 1. The summed E-state index contributed by atoms with van der Waals surface area (Å²) in [5, 5.41) is 10.1. The molecule has 0 amide bonds. The summed E-state index contributed by atoms with van der Waals surface area (Å²) < 4.78 is 26.2. The molecule has 2 N–H and O–H groups in total. The Labute approximate surface area is 117 Å². The molecule has 1 rings (SSSR count). The number of carbonyl (C=O) groups is 1. The molecule has 0 saturated carbocycles. The fourth-order valence-electron chi connectivity index (χ4n) is 1.54. The van der Waals surface area contributed by atoms with Gasteiger partial charge in [0.2, 0.25) is 10.0 Å². The van der Waals surface area contributed by atoms with Gasteiger partial charge in [0.25, 0.3) is 0 Å². The van der Waals surface area contributed by atoms with Crippen LogP contribution in [0.25, 0.3) is 0 Å². The zero-order chi connectivity index (χ0) is 14.5.